The van der Waals surface area contributed by atoms with Gasteiger partial charge in [-0.3, -0.25) is 4.79 Å². The van der Waals surface area contributed by atoms with Crippen LogP contribution in [0.2, 0.25) is 0 Å². The van der Waals surface area contributed by atoms with Gasteiger partial charge >= 0.3 is 0 Å². The van der Waals surface area contributed by atoms with Crippen LogP contribution in [0.4, 0.5) is 0 Å². The van der Waals surface area contributed by atoms with Crippen LogP contribution in [-0.2, 0) is 0 Å². The van der Waals surface area contributed by atoms with Crippen LogP contribution in [0, 0.1) is 25.7 Å². The Balaban J connectivity index is 1.71. The highest BCUT2D eigenvalue weighted by Crippen LogP contribution is 2.39. The van der Waals surface area contributed by atoms with Crippen LogP contribution in [0.5, 0.6) is 0 Å². The molecule has 0 aromatic heterocycles. The first-order valence-corrected chi connectivity index (χ1v) is 6.70. The third-order valence-corrected chi connectivity index (χ3v) is 4.36. The lowest BCUT2D eigenvalue weighted by Gasteiger charge is -2.20. The van der Waals surface area contributed by atoms with E-state index in [0.29, 0.717) is 17.9 Å². The summed E-state index contributed by atoms with van der Waals surface area (Å²) in [5.74, 6) is 1.33. The molecule has 0 saturated heterocycles. The van der Waals surface area contributed by atoms with Gasteiger partial charge in [-0.15, -0.1) is 0 Å². The number of aryl methyl sites for hydroxylation is 2. The predicted molar refractivity (Wildman–Crippen MR) is 72.5 cm³/mol. The number of hydrogen-bond acceptors (Lipinski definition) is 1. The first kappa shape index (κ1) is 11.5. The van der Waals surface area contributed by atoms with E-state index in [1.807, 2.05) is 25.1 Å². The molecule has 0 radical (unpaired) electrons. The average molecular weight is 241 g/mol. The predicted octanol–water partition coefficient (Wildman–Crippen LogP) is 3.00. The summed E-state index contributed by atoms with van der Waals surface area (Å²) in [6.07, 6.45) is 6.89. The minimum atomic E-state index is 0.0732. The van der Waals surface area contributed by atoms with E-state index >= 15 is 0 Å². The molecule has 2 bridgehead atoms. The summed E-state index contributed by atoms with van der Waals surface area (Å²) >= 11 is 0. The van der Waals surface area contributed by atoms with Gasteiger partial charge in [0.1, 0.15) is 0 Å². The van der Waals surface area contributed by atoms with Gasteiger partial charge in [0.05, 0.1) is 0 Å². The fourth-order valence-corrected chi connectivity index (χ4v) is 3.08. The molecule has 1 aromatic carbocycles. The number of carbonyl (C=O) groups excluding carboxylic acids is 1. The number of fused-ring (bicyclic) bond motifs is 2. The van der Waals surface area contributed by atoms with Gasteiger partial charge in [-0.05, 0) is 61.8 Å². The average Bonchev–Trinajstić information content (AvgIpc) is 2.94. The van der Waals surface area contributed by atoms with Crippen LogP contribution < -0.4 is 5.32 Å². The van der Waals surface area contributed by atoms with Crippen molar-refractivity contribution in [3.8, 4) is 0 Å². The van der Waals surface area contributed by atoms with Gasteiger partial charge in [-0.1, -0.05) is 18.2 Å². The maximum Gasteiger partial charge on any atom is 0.251 e. The lowest BCUT2D eigenvalue weighted by Crippen LogP contribution is -2.37. The second-order valence-corrected chi connectivity index (χ2v) is 5.66. The summed E-state index contributed by atoms with van der Waals surface area (Å²) < 4.78 is 0. The zero-order chi connectivity index (χ0) is 12.7. The van der Waals surface area contributed by atoms with E-state index < -0.39 is 0 Å². The molecule has 1 amide bonds. The monoisotopic (exact) mass is 241 g/mol. The first-order chi connectivity index (χ1) is 8.63. The minimum absolute atomic E-state index is 0.0732. The Kier molecular flexibility index (Phi) is 2.73. The zero-order valence-electron chi connectivity index (χ0n) is 10.9. The maximum atomic E-state index is 12.2. The molecule has 1 saturated carbocycles. The van der Waals surface area contributed by atoms with E-state index in [4.69, 9.17) is 0 Å². The molecule has 94 valence electrons. The Morgan fingerprint density at radius 2 is 2.00 bits per heavy atom. The normalized spacial score (nSPS) is 28.7. The molecule has 1 fully saturated rings. The highest BCUT2D eigenvalue weighted by atomic mass is 16.1. The van der Waals surface area contributed by atoms with Gasteiger partial charge in [0, 0.05) is 11.6 Å². The lowest BCUT2D eigenvalue weighted by molar-refractivity contribution is 0.0931. The van der Waals surface area contributed by atoms with E-state index in [0.717, 1.165) is 12.0 Å². The van der Waals surface area contributed by atoms with Crippen molar-refractivity contribution in [3.63, 3.8) is 0 Å². The third-order valence-electron chi connectivity index (χ3n) is 4.36. The highest BCUT2D eigenvalue weighted by molar-refractivity contribution is 5.94. The van der Waals surface area contributed by atoms with Gasteiger partial charge in [-0.2, -0.15) is 0 Å². The van der Waals surface area contributed by atoms with E-state index in [9.17, 15) is 4.79 Å². The minimum Gasteiger partial charge on any atom is -0.349 e. The van der Waals surface area contributed by atoms with Crippen LogP contribution in [0.15, 0.2) is 30.4 Å². The highest BCUT2D eigenvalue weighted by Gasteiger charge is 2.36. The number of rotatable bonds is 2. The maximum absolute atomic E-state index is 12.2. The second-order valence-electron chi connectivity index (χ2n) is 5.66. The summed E-state index contributed by atoms with van der Waals surface area (Å²) in [6, 6.07) is 6.26. The molecule has 0 aliphatic heterocycles. The molecule has 3 rings (SSSR count). The van der Waals surface area contributed by atoms with Crippen molar-refractivity contribution in [2.45, 2.75) is 32.7 Å². The zero-order valence-corrected chi connectivity index (χ0v) is 10.9. The van der Waals surface area contributed by atoms with Crippen molar-refractivity contribution in [1.29, 1.82) is 0 Å². The molecule has 2 aliphatic carbocycles. The molecule has 2 nitrogen and oxygen atoms in total. The Morgan fingerprint density at radius 3 is 2.61 bits per heavy atom. The number of allylic oxidation sites excluding steroid dienone is 1. The van der Waals surface area contributed by atoms with Gasteiger partial charge < -0.3 is 5.32 Å². The fraction of sp³-hybridized carbons (Fsp3) is 0.438. The van der Waals surface area contributed by atoms with Crippen molar-refractivity contribution in [2.75, 3.05) is 0 Å². The van der Waals surface area contributed by atoms with E-state index in [2.05, 4.69) is 24.4 Å². The topological polar surface area (TPSA) is 29.1 Å². The summed E-state index contributed by atoms with van der Waals surface area (Å²) in [7, 11) is 0. The van der Waals surface area contributed by atoms with Crippen LogP contribution in [0.25, 0.3) is 0 Å². The summed E-state index contributed by atoms with van der Waals surface area (Å²) in [5, 5.41) is 3.18. The molecule has 0 spiro atoms. The van der Waals surface area contributed by atoms with Gasteiger partial charge in [0.15, 0.2) is 0 Å². The largest absolute Gasteiger partial charge is 0.349 e. The van der Waals surface area contributed by atoms with E-state index in [1.54, 1.807) is 0 Å². The van der Waals surface area contributed by atoms with Crippen LogP contribution in [0.3, 0.4) is 0 Å². The van der Waals surface area contributed by atoms with Crippen molar-refractivity contribution in [1.82, 2.24) is 5.32 Å². The molecule has 1 aromatic rings. The van der Waals surface area contributed by atoms with Crippen LogP contribution in [0.1, 0.15) is 34.3 Å². The standard InChI is InChI=1S/C16H19NO/c1-10-3-5-14(7-11(10)2)16(18)17-15-9-12-4-6-13(15)8-12/h3-7,12-13,15H,8-9H2,1-2H3,(H,17,18)/t12?,13?,15-/m0/s1. The van der Waals surface area contributed by atoms with Crippen molar-refractivity contribution in [3.05, 3.63) is 47.0 Å². The second kappa shape index (κ2) is 4.27. The molecule has 18 heavy (non-hydrogen) atoms. The van der Waals surface area contributed by atoms with E-state index in [-0.39, 0.29) is 5.91 Å². The quantitative estimate of drug-likeness (QED) is 0.792. The molecule has 3 atom stereocenters. The molecule has 2 heteroatoms. The number of nitrogens with one attached hydrogen (secondary N) is 1. The van der Waals surface area contributed by atoms with Gasteiger partial charge in [-0.25, -0.2) is 0 Å². The van der Waals surface area contributed by atoms with Crippen molar-refractivity contribution in [2.24, 2.45) is 11.8 Å². The molecular formula is C16H19NO. The van der Waals surface area contributed by atoms with E-state index in [1.165, 1.54) is 17.5 Å². The number of hydrogen-bond donors (Lipinski definition) is 1. The molecule has 1 N–H and O–H groups in total. The fourth-order valence-electron chi connectivity index (χ4n) is 3.08. The number of amides is 1. The number of carbonyl (C=O) groups is 1. The summed E-state index contributed by atoms with van der Waals surface area (Å²) in [5.41, 5.74) is 3.19. The number of benzene rings is 1. The Morgan fingerprint density at radius 1 is 1.17 bits per heavy atom. The van der Waals surface area contributed by atoms with Crippen molar-refractivity contribution < 1.29 is 4.79 Å². The Bertz CT molecular complexity index is 518. The van der Waals surface area contributed by atoms with Crippen LogP contribution in [-0.4, -0.2) is 11.9 Å². The molecule has 0 heterocycles. The lowest BCUT2D eigenvalue weighted by atomic mass is 10.0. The summed E-state index contributed by atoms with van der Waals surface area (Å²) in [4.78, 5) is 12.2. The molecular weight excluding hydrogens is 222 g/mol. The first-order valence-electron chi connectivity index (χ1n) is 6.70. The third kappa shape index (κ3) is 1.96. The Hall–Kier alpha value is -1.57. The SMILES string of the molecule is Cc1ccc(C(=O)N[C@H]2CC3C=CC2C3)cc1C. The molecule has 2 aliphatic rings. The summed E-state index contributed by atoms with van der Waals surface area (Å²) in [6.45, 7) is 4.12. The van der Waals surface area contributed by atoms with Gasteiger partial charge in [0.25, 0.3) is 5.91 Å². The van der Waals surface area contributed by atoms with Crippen LogP contribution >= 0.6 is 0 Å². The van der Waals surface area contributed by atoms with Gasteiger partial charge in [0.2, 0.25) is 0 Å². The smallest absolute Gasteiger partial charge is 0.251 e. The van der Waals surface area contributed by atoms with Crippen molar-refractivity contribution >= 4 is 5.91 Å². The Labute approximate surface area is 108 Å². The molecule has 2 unspecified atom stereocenters.